The van der Waals surface area contributed by atoms with Crippen LogP contribution in [0.25, 0.3) is 0 Å². The average Bonchev–Trinajstić information content (AvgIpc) is 2.83. The number of carbonyl (C=O) groups is 1. The predicted octanol–water partition coefficient (Wildman–Crippen LogP) is 3.08. The Morgan fingerprint density at radius 2 is 1.91 bits per heavy atom. The van der Waals surface area contributed by atoms with E-state index in [2.05, 4.69) is 22.0 Å². The second kappa shape index (κ2) is 7.57. The van der Waals surface area contributed by atoms with Crippen LogP contribution in [-0.2, 0) is 6.54 Å². The van der Waals surface area contributed by atoms with Gasteiger partial charge in [0.15, 0.2) is 0 Å². The van der Waals surface area contributed by atoms with Gasteiger partial charge in [-0.1, -0.05) is 23.7 Å². The zero-order valence-electron chi connectivity index (χ0n) is 13.0. The van der Waals surface area contributed by atoms with Gasteiger partial charge in [0.25, 0.3) is 5.91 Å². The standard InChI is InChI=1S/C18H20ClN3O/c19-17-6-4-15(5-7-17)14-21-9-2-10-22(12-11-21)18(23)16-3-1-8-20-13-16/h1,3-8,13H,2,9-12,14H2. The Balaban J connectivity index is 1.59. The molecule has 0 atom stereocenters. The zero-order valence-corrected chi connectivity index (χ0v) is 13.7. The second-order valence-electron chi connectivity index (χ2n) is 5.79. The van der Waals surface area contributed by atoms with E-state index in [1.54, 1.807) is 18.5 Å². The molecular weight excluding hydrogens is 310 g/mol. The van der Waals surface area contributed by atoms with Gasteiger partial charge in [0, 0.05) is 50.1 Å². The van der Waals surface area contributed by atoms with Gasteiger partial charge in [-0.25, -0.2) is 0 Å². The largest absolute Gasteiger partial charge is 0.337 e. The Morgan fingerprint density at radius 3 is 2.65 bits per heavy atom. The summed E-state index contributed by atoms with van der Waals surface area (Å²) in [6, 6.07) is 11.6. The van der Waals surface area contributed by atoms with Crippen molar-refractivity contribution in [3.63, 3.8) is 0 Å². The highest BCUT2D eigenvalue weighted by molar-refractivity contribution is 6.30. The van der Waals surface area contributed by atoms with Gasteiger partial charge in [-0.05, 0) is 36.2 Å². The number of hydrogen-bond donors (Lipinski definition) is 0. The van der Waals surface area contributed by atoms with E-state index in [4.69, 9.17) is 11.6 Å². The van der Waals surface area contributed by atoms with Crippen molar-refractivity contribution in [3.8, 4) is 0 Å². The molecular formula is C18H20ClN3O. The lowest BCUT2D eigenvalue weighted by molar-refractivity contribution is 0.0760. The molecule has 1 aromatic carbocycles. The number of nitrogens with zero attached hydrogens (tertiary/aromatic N) is 3. The molecule has 0 unspecified atom stereocenters. The monoisotopic (exact) mass is 329 g/mol. The number of halogens is 1. The van der Waals surface area contributed by atoms with Crippen LogP contribution in [0.15, 0.2) is 48.8 Å². The molecule has 1 amide bonds. The lowest BCUT2D eigenvalue weighted by Crippen LogP contribution is -2.35. The van der Waals surface area contributed by atoms with Crippen LogP contribution in [-0.4, -0.2) is 46.9 Å². The van der Waals surface area contributed by atoms with E-state index < -0.39 is 0 Å². The molecule has 5 heteroatoms. The van der Waals surface area contributed by atoms with Crippen LogP contribution in [0.1, 0.15) is 22.3 Å². The molecule has 4 nitrogen and oxygen atoms in total. The topological polar surface area (TPSA) is 36.4 Å². The van der Waals surface area contributed by atoms with Crippen LogP contribution in [0.5, 0.6) is 0 Å². The van der Waals surface area contributed by atoms with Crippen LogP contribution in [0.4, 0.5) is 0 Å². The Bertz CT molecular complexity index is 645. The zero-order chi connectivity index (χ0) is 16.1. The van der Waals surface area contributed by atoms with E-state index in [9.17, 15) is 4.79 Å². The molecule has 2 aromatic rings. The summed E-state index contributed by atoms with van der Waals surface area (Å²) in [6.45, 7) is 4.33. The summed E-state index contributed by atoms with van der Waals surface area (Å²) >= 11 is 5.93. The third kappa shape index (κ3) is 4.30. The van der Waals surface area contributed by atoms with E-state index in [0.29, 0.717) is 5.56 Å². The van der Waals surface area contributed by atoms with E-state index in [1.807, 2.05) is 23.1 Å². The number of hydrogen-bond acceptors (Lipinski definition) is 3. The first kappa shape index (κ1) is 16.0. The fourth-order valence-electron chi connectivity index (χ4n) is 2.85. The average molecular weight is 330 g/mol. The molecule has 1 aliphatic heterocycles. The van der Waals surface area contributed by atoms with Gasteiger partial charge in [-0.15, -0.1) is 0 Å². The number of pyridine rings is 1. The fourth-order valence-corrected chi connectivity index (χ4v) is 2.98. The lowest BCUT2D eigenvalue weighted by atomic mass is 10.2. The molecule has 0 bridgehead atoms. The van der Waals surface area contributed by atoms with E-state index in [1.165, 1.54) is 5.56 Å². The first-order chi connectivity index (χ1) is 11.2. The summed E-state index contributed by atoms with van der Waals surface area (Å²) in [5.74, 6) is 0.0754. The SMILES string of the molecule is O=C(c1cccnc1)N1CCCN(Cc2ccc(Cl)cc2)CC1. The van der Waals surface area contributed by atoms with Crippen molar-refractivity contribution >= 4 is 17.5 Å². The maximum absolute atomic E-state index is 12.5. The molecule has 1 aromatic heterocycles. The molecule has 3 rings (SSSR count). The summed E-state index contributed by atoms with van der Waals surface area (Å²) in [7, 11) is 0. The van der Waals surface area contributed by atoms with Crippen molar-refractivity contribution in [2.45, 2.75) is 13.0 Å². The third-order valence-electron chi connectivity index (χ3n) is 4.10. The Hall–Kier alpha value is -1.91. The molecule has 1 saturated heterocycles. The van der Waals surface area contributed by atoms with Crippen molar-refractivity contribution in [2.75, 3.05) is 26.2 Å². The summed E-state index contributed by atoms with van der Waals surface area (Å²) in [5.41, 5.74) is 1.92. The van der Waals surface area contributed by atoms with Crippen molar-refractivity contribution in [1.29, 1.82) is 0 Å². The smallest absolute Gasteiger partial charge is 0.255 e. The van der Waals surface area contributed by atoms with Gasteiger partial charge in [-0.2, -0.15) is 0 Å². The highest BCUT2D eigenvalue weighted by atomic mass is 35.5. The minimum atomic E-state index is 0.0754. The van der Waals surface area contributed by atoms with Gasteiger partial charge in [0.2, 0.25) is 0 Å². The van der Waals surface area contributed by atoms with Crippen LogP contribution in [0.2, 0.25) is 5.02 Å². The second-order valence-corrected chi connectivity index (χ2v) is 6.23. The van der Waals surface area contributed by atoms with E-state index >= 15 is 0 Å². The van der Waals surface area contributed by atoms with Crippen LogP contribution < -0.4 is 0 Å². The minimum Gasteiger partial charge on any atom is -0.337 e. The number of aromatic nitrogens is 1. The van der Waals surface area contributed by atoms with E-state index in [0.717, 1.165) is 44.2 Å². The summed E-state index contributed by atoms with van der Waals surface area (Å²) in [4.78, 5) is 20.9. The molecule has 1 aliphatic rings. The van der Waals surface area contributed by atoms with E-state index in [-0.39, 0.29) is 5.91 Å². The van der Waals surface area contributed by atoms with Crippen LogP contribution in [0, 0.1) is 0 Å². The molecule has 1 fully saturated rings. The maximum Gasteiger partial charge on any atom is 0.255 e. The van der Waals surface area contributed by atoms with Crippen LogP contribution in [0.3, 0.4) is 0 Å². The molecule has 120 valence electrons. The van der Waals surface area contributed by atoms with Gasteiger partial charge >= 0.3 is 0 Å². The first-order valence-electron chi connectivity index (χ1n) is 7.88. The Labute approximate surface area is 141 Å². The molecule has 0 radical (unpaired) electrons. The van der Waals surface area contributed by atoms with Crippen molar-refractivity contribution in [1.82, 2.24) is 14.8 Å². The normalized spacial score (nSPS) is 16.1. The number of rotatable bonds is 3. The van der Waals surface area contributed by atoms with Crippen molar-refractivity contribution < 1.29 is 4.79 Å². The van der Waals surface area contributed by atoms with Gasteiger partial charge in [0.1, 0.15) is 0 Å². The number of benzene rings is 1. The summed E-state index contributed by atoms with van der Waals surface area (Å²) < 4.78 is 0. The first-order valence-corrected chi connectivity index (χ1v) is 8.26. The van der Waals surface area contributed by atoms with Crippen LogP contribution >= 0.6 is 11.6 Å². The number of carbonyl (C=O) groups excluding carboxylic acids is 1. The quantitative estimate of drug-likeness (QED) is 0.868. The molecule has 0 spiro atoms. The lowest BCUT2D eigenvalue weighted by Gasteiger charge is -2.22. The summed E-state index contributed by atoms with van der Waals surface area (Å²) in [6.07, 6.45) is 4.31. The maximum atomic E-state index is 12.5. The van der Waals surface area contributed by atoms with Crippen molar-refractivity contribution in [2.24, 2.45) is 0 Å². The fraction of sp³-hybridized carbons (Fsp3) is 0.333. The minimum absolute atomic E-state index is 0.0754. The van der Waals surface area contributed by atoms with Gasteiger partial charge < -0.3 is 4.90 Å². The van der Waals surface area contributed by atoms with Gasteiger partial charge in [-0.3, -0.25) is 14.7 Å². The van der Waals surface area contributed by atoms with Crippen molar-refractivity contribution in [3.05, 3.63) is 64.9 Å². The molecule has 23 heavy (non-hydrogen) atoms. The predicted molar refractivity (Wildman–Crippen MR) is 91.5 cm³/mol. The highest BCUT2D eigenvalue weighted by Crippen LogP contribution is 2.14. The summed E-state index contributed by atoms with van der Waals surface area (Å²) in [5, 5.41) is 0.762. The Morgan fingerprint density at radius 1 is 1.09 bits per heavy atom. The highest BCUT2D eigenvalue weighted by Gasteiger charge is 2.20. The van der Waals surface area contributed by atoms with Gasteiger partial charge in [0.05, 0.1) is 5.56 Å². The molecule has 0 N–H and O–H groups in total. The molecule has 2 heterocycles. The third-order valence-corrected chi connectivity index (χ3v) is 4.36. The molecule has 0 aliphatic carbocycles. The Kier molecular flexibility index (Phi) is 5.26. The number of amides is 1. The molecule has 0 saturated carbocycles.